The van der Waals surface area contributed by atoms with Gasteiger partial charge in [-0.3, -0.25) is 0 Å². The Bertz CT molecular complexity index is 449. The Hall–Kier alpha value is -1.22. The fourth-order valence-electron chi connectivity index (χ4n) is 2.68. The van der Waals surface area contributed by atoms with E-state index in [9.17, 15) is 9.90 Å². The molecule has 1 aliphatic carbocycles. The second-order valence-electron chi connectivity index (χ2n) is 5.01. The van der Waals surface area contributed by atoms with Crippen LogP contribution in [0.25, 0.3) is 0 Å². The van der Waals surface area contributed by atoms with E-state index in [0.717, 1.165) is 12.8 Å². The summed E-state index contributed by atoms with van der Waals surface area (Å²) in [5.74, 6) is -0.297. The third kappa shape index (κ3) is 2.46. The standard InChI is InChI=1S/C14H18ClNO2/c1-2-10-7-8-14(9-10,13(17)18)16-12-6-4-3-5-11(12)15/h3-6,10,16H,2,7-9H2,1H3,(H,17,18). The lowest BCUT2D eigenvalue weighted by atomic mass is 9.94. The van der Waals surface area contributed by atoms with Gasteiger partial charge in [0.1, 0.15) is 5.54 Å². The van der Waals surface area contributed by atoms with Crippen molar-refractivity contribution in [2.45, 2.75) is 38.1 Å². The molecule has 1 aromatic carbocycles. The molecule has 2 N–H and O–H groups in total. The van der Waals surface area contributed by atoms with Gasteiger partial charge in [-0.1, -0.05) is 37.1 Å². The highest BCUT2D eigenvalue weighted by molar-refractivity contribution is 6.33. The topological polar surface area (TPSA) is 49.3 Å². The molecule has 1 fully saturated rings. The molecule has 98 valence electrons. The predicted molar refractivity (Wildman–Crippen MR) is 73.1 cm³/mol. The van der Waals surface area contributed by atoms with Crippen LogP contribution in [-0.4, -0.2) is 16.6 Å². The second-order valence-corrected chi connectivity index (χ2v) is 5.42. The number of carboxylic acids is 1. The van der Waals surface area contributed by atoms with Gasteiger partial charge < -0.3 is 10.4 Å². The summed E-state index contributed by atoms with van der Waals surface area (Å²) in [7, 11) is 0. The van der Waals surface area contributed by atoms with Gasteiger partial charge in [-0.15, -0.1) is 0 Å². The number of nitrogens with one attached hydrogen (secondary N) is 1. The average molecular weight is 268 g/mol. The van der Waals surface area contributed by atoms with Crippen LogP contribution in [0.1, 0.15) is 32.6 Å². The van der Waals surface area contributed by atoms with Crippen molar-refractivity contribution >= 4 is 23.3 Å². The van der Waals surface area contributed by atoms with Crippen LogP contribution in [0, 0.1) is 5.92 Å². The molecule has 2 unspecified atom stereocenters. The Kier molecular flexibility index (Phi) is 3.81. The SMILES string of the molecule is CCC1CCC(Nc2ccccc2Cl)(C(=O)O)C1. The minimum atomic E-state index is -0.855. The molecule has 0 radical (unpaired) electrons. The van der Waals surface area contributed by atoms with E-state index in [1.54, 1.807) is 6.07 Å². The number of benzene rings is 1. The Morgan fingerprint density at radius 3 is 2.83 bits per heavy atom. The zero-order valence-electron chi connectivity index (χ0n) is 10.4. The lowest BCUT2D eigenvalue weighted by molar-refractivity contribution is -0.142. The van der Waals surface area contributed by atoms with Gasteiger partial charge in [0.2, 0.25) is 0 Å². The zero-order valence-corrected chi connectivity index (χ0v) is 11.2. The van der Waals surface area contributed by atoms with Crippen molar-refractivity contribution in [3.63, 3.8) is 0 Å². The lowest BCUT2D eigenvalue weighted by Gasteiger charge is -2.27. The van der Waals surface area contributed by atoms with Crippen LogP contribution in [0.4, 0.5) is 5.69 Å². The summed E-state index contributed by atoms with van der Waals surface area (Å²) in [5, 5.41) is 13.2. The Morgan fingerprint density at radius 1 is 1.56 bits per heavy atom. The number of hydrogen-bond acceptors (Lipinski definition) is 2. The molecule has 0 aliphatic heterocycles. The first-order valence-corrected chi connectivity index (χ1v) is 6.71. The minimum absolute atomic E-state index is 0.482. The third-order valence-electron chi connectivity index (χ3n) is 3.85. The van der Waals surface area contributed by atoms with Crippen LogP contribution in [-0.2, 0) is 4.79 Å². The first kappa shape index (κ1) is 13.2. The highest BCUT2D eigenvalue weighted by atomic mass is 35.5. The van der Waals surface area contributed by atoms with Gasteiger partial charge in [0, 0.05) is 0 Å². The van der Waals surface area contributed by atoms with Crippen molar-refractivity contribution < 1.29 is 9.90 Å². The number of carbonyl (C=O) groups is 1. The number of anilines is 1. The molecule has 0 spiro atoms. The van der Waals surface area contributed by atoms with Crippen molar-refractivity contribution in [2.75, 3.05) is 5.32 Å². The fraction of sp³-hybridized carbons (Fsp3) is 0.500. The Morgan fingerprint density at radius 2 is 2.28 bits per heavy atom. The molecule has 2 atom stereocenters. The number of hydrogen-bond donors (Lipinski definition) is 2. The van der Waals surface area contributed by atoms with Crippen molar-refractivity contribution in [3.05, 3.63) is 29.3 Å². The number of para-hydroxylation sites is 1. The van der Waals surface area contributed by atoms with Gasteiger partial charge in [0.25, 0.3) is 0 Å². The largest absolute Gasteiger partial charge is 0.480 e. The van der Waals surface area contributed by atoms with E-state index in [1.807, 2.05) is 18.2 Å². The molecule has 0 bridgehead atoms. The van der Waals surface area contributed by atoms with E-state index in [4.69, 9.17) is 11.6 Å². The van der Waals surface area contributed by atoms with Gasteiger partial charge in [-0.2, -0.15) is 0 Å². The molecule has 1 saturated carbocycles. The first-order chi connectivity index (χ1) is 8.57. The van der Waals surface area contributed by atoms with Crippen LogP contribution >= 0.6 is 11.6 Å². The van der Waals surface area contributed by atoms with Crippen LogP contribution in [0.2, 0.25) is 5.02 Å². The van der Waals surface area contributed by atoms with Crippen molar-refractivity contribution in [1.82, 2.24) is 0 Å². The summed E-state index contributed by atoms with van der Waals surface area (Å²) < 4.78 is 0. The van der Waals surface area contributed by atoms with E-state index in [0.29, 0.717) is 29.5 Å². The summed E-state index contributed by atoms with van der Waals surface area (Å²) in [4.78, 5) is 11.6. The summed E-state index contributed by atoms with van der Waals surface area (Å²) in [6.45, 7) is 2.11. The smallest absolute Gasteiger partial charge is 0.329 e. The maximum atomic E-state index is 11.6. The molecular formula is C14H18ClNO2. The highest BCUT2D eigenvalue weighted by Gasteiger charge is 2.45. The average Bonchev–Trinajstić information content (AvgIpc) is 2.77. The van der Waals surface area contributed by atoms with Gasteiger partial charge in [-0.25, -0.2) is 4.79 Å². The van der Waals surface area contributed by atoms with Crippen LogP contribution in [0.5, 0.6) is 0 Å². The quantitative estimate of drug-likeness (QED) is 0.873. The minimum Gasteiger partial charge on any atom is -0.480 e. The van der Waals surface area contributed by atoms with E-state index < -0.39 is 11.5 Å². The molecule has 3 nitrogen and oxygen atoms in total. The number of halogens is 1. The molecule has 0 heterocycles. The number of rotatable bonds is 4. The molecule has 2 rings (SSSR count). The second kappa shape index (κ2) is 5.19. The van der Waals surface area contributed by atoms with Gasteiger partial charge in [0.05, 0.1) is 10.7 Å². The van der Waals surface area contributed by atoms with E-state index in [2.05, 4.69) is 12.2 Å². The van der Waals surface area contributed by atoms with Crippen LogP contribution in [0.15, 0.2) is 24.3 Å². The molecule has 4 heteroatoms. The molecule has 1 aromatic rings. The highest BCUT2D eigenvalue weighted by Crippen LogP contribution is 2.40. The molecule has 18 heavy (non-hydrogen) atoms. The Balaban J connectivity index is 2.23. The first-order valence-electron chi connectivity index (χ1n) is 6.33. The maximum Gasteiger partial charge on any atom is 0.329 e. The summed E-state index contributed by atoms with van der Waals surface area (Å²) >= 11 is 6.08. The van der Waals surface area contributed by atoms with Gasteiger partial charge in [-0.05, 0) is 37.3 Å². The predicted octanol–water partition coefficient (Wildman–Crippen LogP) is 3.79. The van der Waals surface area contributed by atoms with Gasteiger partial charge >= 0.3 is 5.97 Å². The van der Waals surface area contributed by atoms with E-state index in [-0.39, 0.29) is 0 Å². The lowest BCUT2D eigenvalue weighted by Crippen LogP contribution is -2.44. The third-order valence-corrected chi connectivity index (χ3v) is 4.18. The van der Waals surface area contributed by atoms with Crippen molar-refractivity contribution in [1.29, 1.82) is 0 Å². The van der Waals surface area contributed by atoms with Gasteiger partial charge in [0.15, 0.2) is 0 Å². The summed E-state index contributed by atoms with van der Waals surface area (Å²) in [6, 6.07) is 7.29. The maximum absolute atomic E-state index is 11.6. The summed E-state index contributed by atoms with van der Waals surface area (Å²) in [5.41, 5.74) is -0.149. The molecule has 0 amide bonds. The molecular weight excluding hydrogens is 250 g/mol. The van der Waals surface area contributed by atoms with E-state index in [1.165, 1.54) is 0 Å². The van der Waals surface area contributed by atoms with Crippen LogP contribution < -0.4 is 5.32 Å². The Labute approximate surface area is 112 Å². The van der Waals surface area contributed by atoms with Crippen molar-refractivity contribution in [3.8, 4) is 0 Å². The number of aliphatic carboxylic acids is 1. The number of carboxylic acid groups (broad SMARTS) is 1. The van der Waals surface area contributed by atoms with Crippen LogP contribution in [0.3, 0.4) is 0 Å². The monoisotopic (exact) mass is 267 g/mol. The molecule has 1 aliphatic rings. The molecule has 0 saturated heterocycles. The van der Waals surface area contributed by atoms with Crippen molar-refractivity contribution in [2.24, 2.45) is 5.92 Å². The summed E-state index contributed by atoms with van der Waals surface area (Å²) in [6.07, 6.45) is 3.32. The van der Waals surface area contributed by atoms with E-state index >= 15 is 0 Å². The zero-order chi connectivity index (χ0) is 13.2. The normalized spacial score (nSPS) is 27.1. The molecule has 0 aromatic heterocycles. The fourth-order valence-corrected chi connectivity index (χ4v) is 2.86.